The van der Waals surface area contributed by atoms with Crippen LogP contribution in [0.5, 0.6) is 0 Å². The number of hydrogen-bond donors (Lipinski definition) is 2. The van der Waals surface area contributed by atoms with Crippen molar-refractivity contribution in [3.8, 4) is 0 Å². The summed E-state index contributed by atoms with van der Waals surface area (Å²) in [6.07, 6.45) is 4.10. The lowest BCUT2D eigenvalue weighted by Crippen LogP contribution is -2.23. The third kappa shape index (κ3) is 2.49. The molecule has 1 saturated carbocycles. The molecule has 96 valence electrons. The second-order valence-corrected chi connectivity index (χ2v) is 5.86. The van der Waals surface area contributed by atoms with Crippen molar-refractivity contribution in [3.05, 3.63) is 24.3 Å². The molecule has 1 aliphatic carbocycles. The van der Waals surface area contributed by atoms with E-state index in [2.05, 4.69) is 21.8 Å². The van der Waals surface area contributed by atoms with E-state index in [4.69, 9.17) is 0 Å². The first-order chi connectivity index (χ1) is 8.83. The fourth-order valence-corrected chi connectivity index (χ4v) is 3.37. The molecule has 1 aliphatic rings. The molecule has 0 unspecified atom stereocenters. The van der Waals surface area contributed by atoms with Crippen molar-refractivity contribution < 1.29 is 5.11 Å². The van der Waals surface area contributed by atoms with Crippen LogP contribution in [0.4, 0.5) is 5.00 Å². The molecule has 2 aromatic rings. The van der Waals surface area contributed by atoms with Crippen LogP contribution in [0.3, 0.4) is 0 Å². The number of hydrogen-bond acceptors (Lipinski definition) is 4. The maximum atomic E-state index is 9.49. The van der Waals surface area contributed by atoms with E-state index in [1.54, 1.807) is 11.5 Å². The summed E-state index contributed by atoms with van der Waals surface area (Å²) in [6, 6.07) is 8.24. The Labute approximate surface area is 111 Å². The van der Waals surface area contributed by atoms with Crippen LogP contribution < -0.4 is 5.32 Å². The SMILES string of the molecule is OC1CCC(CNc2snc3ccccc23)CC1. The molecule has 0 saturated heterocycles. The lowest BCUT2D eigenvalue weighted by atomic mass is 9.87. The summed E-state index contributed by atoms with van der Waals surface area (Å²) in [6.45, 7) is 0.999. The van der Waals surface area contributed by atoms with Gasteiger partial charge in [-0.25, -0.2) is 0 Å². The summed E-state index contributed by atoms with van der Waals surface area (Å²) >= 11 is 1.54. The van der Waals surface area contributed by atoms with Gasteiger partial charge in [0.05, 0.1) is 11.6 Å². The maximum Gasteiger partial charge on any atom is 0.117 e. The van der Waals surface area contributed by atoms with Crippen molar-refractivity contribution in [3.63, 3.8) is 0 Å². The van der Waals surface area contributed by atoms with E-state index >= 15 is 0 Å². The van der Waals surface area contributed by atoms with Crippen LogP contribution in [0, 0.1) is 5.92 Å². The fourth-order valence-electron chi connectivity index (χ4n) is 2.60. The molecule has 3 rings (SSSR count). The van der Waals surface area contributed by atoms with Gasteiger partial charge in [0.25, 0.3) is 0 Å². The minimum absolute atomic E-state index is 0.0644. The molecule has 18 heavy (non-hydrogen) atoms. The number of anilines is 1. The summed E-state index contributed by atoms with van der Waals surface area (Å²) in [5.41, 5.74) is 1.07. The van der Waals surface area contributed by atoms with Gasteiger partial charge in [0, 0.05) is 11.9 Å². The molecule has 1 heterocycles. The molecular formula is C14H18N2OS. The molecule has 4 heteroatoms. The Morgan fingerprint density at radius 2 is 2.00 bits per heavy atom. The van der Waals surface area contributed by atoms with E-state index < -0.39 is 0 Å². The van der Waals surface area contributed by atoms with Crippen LogP contribution in [0.1, 0.15) is 25.7 Å². The predicted octanol–water partition coefficient (Wildman–Crippen LogP) is 3.26. The molecule has 2 N–H and O–H groups in total. The summed E-state index contributed by atoms with van der Waals surface area (Å²) < 4.78 is 4.43. The Morgan fingerprint density at radius 3 is 2.83 bits per heavy atom. The van der Waals surface area contributed by atoms with E-state index in [9.17, 15) is 5.11 Å². The van der Waals surface area contributed by atoms with Crippen molar-refractivity contribution >= 4 is 27.4 Å². The highest BCUT2D eigenvalue weighted by Crippen LogP contribution is 2.29. The van der Waals surface area contributed by atoms with Crippen LogP contribution in [0.2, 0.25) is 0 Å². The largest absolute Gasteiger partial charge is 0.393 e. The number of aliphatic hydroxyl groups is 1. The zero-order valence-corrected chi connectivity index (χ0v) is 11.1. The van der Waals surface area contributed by atoms with Crippen LogP contribution in [-0.2, 0) is 0 Å². The average molecular weight is 262 g/mol. The average Bonchev–Trinajstić information content (AvgIpc) is 2.82. The van der Waals surface area contributed by atoms with Crippen LogP contribution in [0.15, 0.2) is 24.3 Å². The molecule has 1 aromatic heterocycles. The Kier molecular flexibility index (Phi) is 3.48. The van der Waals surface area contributed by atoms with Gasteiger partial charge >= 0.3 is 0 Å². The third-order valence-electron chi connectivity index (χ3n) is 3.75. The Balaban J connectivity index is 1.63. The zero-order valence-electron chi connectivity index (χ0n) is 10.3. The molecule has 1 fully saturated rings. The summed E-state index contributed by atoms with van der Waals surface area (Å²) in [7, 11) is 0. The topological polar surface area (TPSA) is 45.1 Å². The summed E-state index contributed by atoms with van der Waals surface area (Å²) in [4.78, 5) is 0. The normalized spacial score (nSPS) is 24.3. The van der Waals surface area contributed by atoms with Gasteiger partial charge in [-0.05, 0) is 55.3 Å². The molecule has 0 aliphatic heterocycles. The Bertz CT molecular complexity index is 517. The molecule has 0 radical (unpaired) electrons. The monoisotopic (exact) mass is 262 g/mol. The van der Waals surface area contributed by atoms with Crippen molar-refractivity contribution in [2.24, 2.45) is 5.92 Å². The van der Waals surface area contributed by atoms with Crippen molar-refractivity contribution in [2.45, 2.75) is 31.8 Å². The van der Waals surface area contributed by atoms with E-state index in [0.29, 0.717) is 5.92 Å². The van der Waals surface area contributed by atoms with E-state index in [0.717, 1.165) is 37.7 Å². The highest BCUT2D eigenvalue weighted by Gasteiger charge is 2.19. The highest BCUT2D eigenvalue weighted by molar-refractivity contribution is 7.11. The third-order valence-corrected chi connectivity index (χ3v) is 4.59. The van der Waals surface area contributed by atoms with Gasteiger partial charge < -0.3 is 10.4 Å². The first-order valence-electron chi connectivity index (χ1n) is 6.59. The van der Waals surface area contributed by atoms with E-state index in [-0.39, 0.29) is 6.10 Å². The Hall–Kier alpha value is -1.13. The minimum atomic E-state index is -0.0644. The molecule has 0 atom stereocenters. The zero-order chi connectivity index (χ0) is 12.4. The lowest BCUT2D eigenvalue weighted by molar-refractivity contribution is 0.111. The first-order valence-corrected chi connectivity index (χ1v) is 7.36. The number of benzene rings is 1. The van der Waals surface area contributed by atoms with Gasteiger partial charge in [-0.1, -0.05) is 12.1 Å². The smallest absolute Gasteiger partial charge is 0.117 e. The van der Waals surface area contributed by atoms with Crippen LogP contribution in [-0.4, -0.2) is 22.1 Å². The quantitative estimate of drug-likeness (QED) is 0.892. The maximum absolute atomic E-state index is 9.49. The first kappa shape index (κ1) is 11.9. The minimum Gasteiger partial charge on any atom is -0.393 e. The van der Waals surface area contributed by atoms with Crippen molar-refractivity contribution in [2.75, 3.05) is 11.9 Å². The highest BCUT2D eigenvalue weighted by atomic mass is 32.1. The number of aromatic nitrogens is 1. The van der Waals surface area contributed by atoms with Crippen molar-refractivity contribution in [1.82, 2.24) is 4.37 Å². The van der Waals surface area contributed by atoms with Gasteiger partial charge in [-0.3, -0.25) is 0 Å². The van der Waals surface area contributed by atoms with Gasteiger partial charge in [0.2, 0.25) is 0 Å². The molecule has 3 nitrogen and oxygen atoms in total. The summed E-state index contributed by atoms with van der Waals surface area (Å²) in [5.74, 6) is 0.689. The van der Waals surface area contributed by atoms with Crippen molar-refractivity contribution in [1.29, 1.82) is 0 Å². The molecule has 0 bridgehead atoms. The van der Waals surface area contributed by atoms with Gasteiger partial charge in [-0.15, -0.1) is 0 Å². The van der Waals surface area contributed by atoms with E-state index in [1.807, 2.05) is 12.1 Å². The Morgan fingerprint density at radius 1 is 1.22 bits per heavy atom. The predicted molar refractivity (Wildman–Crippen MR) is 76.1 cm³/mol. The van der Waals surface area contributed by atoms with Gasteiger partial charge in [0.15, 0.2) is 0 Å². The lowest BCUT2D eigenvalue weighted by Gasteiger charge is -2.25. The van der Waals surface area contributed by atoms with Crippen LogP contribution >= 0.6 is 11.5 Å². The standard InChI is InChI=1S/C14H18N2OS/c17-11-7-5-10(6-8-11)9-15-14-12-3-1-2-4-13(12)16-18-14/h1-4,10-11,15,17H,5-9H2. The summed E-state index contributed by atoms with van der Waals surface area (Å²) in [5, 5.41) is 15.4. The number of nitrogens with zero attached hydrogens (tertiary/aromatic N) is 1. The molecule has 0 amide bonds. The molecule has 0 spiro atoms. The molecule has 1 aromatic carbocycles. The number of fused-ring (bicyclic) bond motifs is 1. The number of aliphatic hydroxyl groups excluding tert-OH is 1. The number of rotatable bonds is 3. The second-order valence-electron chi connectivity index (χ2n) is 5.08. The van der Waals surface area contributed by atoms with E-state index in [1.165, 1.54) is 10.4 Å². The number of nitrogens with one attached hydrogen (secondary N) is 1. The molecular weight excluding hydrogens is 244 g/mol. The van der Waals surface area contributed by atoms with Gasteiger partial charge in [-0.2, -0.15) is 4.37 Å². The van der Waals surface area contributed by atoms with Crippen LogP contribution in [0.25, 0.3) is 10.9 Å². The second kappa shape index (κ2) is 5.24. The van der Waals surface area contributed by atoms with Gasteiger partial charge in [0.1, 0.15) is 5.00 Å². The fraction of sp³-hybridized carbons (Fsp3) is 0.500.